The van der Waals surface area contributed by atoms with Gasteiger partial charge in [-0.05, 0) is 24.3 Å². The highest BCUT2D eigenvalue weighted by atomic mass is 19.1. The molecule has 0 fully saturated rings. The van der Waals surface area contributed by atoms with Gasteiger partial charge in [-0.2, -0.15) is 0 Å². The maximum atomic E-state index is 13.8. The summed E-state index contributed by atoms with van der Waals surface area (Å²) in [4.78, 5) is 8.41. The van der Waals surface area contributed by atoms with E-state index >= 15 is 0 Å². The number of halogens is 2. The molecule has 0 saturated heterocycles. The number of nitrogens with zero attached hydrogens (tertiary/aromatic N) is 2. The summed E-state index contributed by atoms with van der Waals surface area (Å²) in [5.41, 5.74) is 1.40. The van der Waals surface area contributed by atoms with Crippen molar-refractivity contribution < 1.29 is 13.5 Å². The maximum Gasteiger partial charge on any atom is 0.168 e. The molecule has 3 rings (SSSR count). The Hall–Kier alpha value is -2.56. The van der Waals surface area contributed by atoms with E-state index in [9.17, 15) is 8.78 Å². The van der Waals surface area contributed by atoms with Gasteiger partial charge in [-0.3, -0.25) is 9.97 Å². The van der Waals surface area contributed by atoms with Crippen LogP contribution in [0.2, 0.25) is 0 Å². The van der Waals surface area contributed by atoms with Crippen molar-refractivity contribution in [3.63, 3.8) is 0 Å². The number of hydrogen-bond acceptors (Lipinski definition) is 3. The van der Waals surface area contributed by atoms with E-state index in [1.165, 1.54) is 13.2 Å². The standard InChI is InChI=1S/C15H10F2N2O/c1-20-15-11(7-9(16)8-12(15)17)14-10-3-2-5-18-13(10)4-6-19-14/h2-8H,1H3. The zero-order valence-electron chi connectivity index (χ0n) is 10.6. The zero-order valence-corrected chi connectivity index (χ0v) is 10.6. The fourth-order valence-electron chi connectivity index (χ4n) is 2.16. The number of pyridine rings is 2. The first-order valence-corrected chi connectivity index (χ1v) is 5.94. The molecule has 3 nitrogen and oxygen atoms in total. The number of hydrogen-bond donors (Lipinski definition) is 0. The molecule has 0 aliphatic heterocycles. The van der Waals surface area contributed by atoms with Crippen molar-refractivity contribution in [3.05, 3.63) is 54.4 Å². The van der Waals surface area contributed by atoms with Crippen molar-refractivity contribution in [1.82, 2.24) is 9.97 Å². The van der Waals surface area contributed by atoms with E-state index in [0.717, 1.165) is 6.07 Å². The first-order chi connectivity index (χ1) is 9.70. The molecule has 2 heterocycles. The van der Waals surface area contributed by atoms with Gasteiger partial charge in [0.05, 0.1) is 18.3 Å². The Kier molecular flexibility index (Phi) is 3.02. The topological polar surface area (TPSA) is 35.0 Å². The zero-order chi connectivity index (χ0) is 14.1. The quantitative estimate of drug-likeness (QED) is 0.715. The summed E-state index contributed by atoms with van der Waals surface area (Å²) in [5.74, 6) is -1.47. The van der Waals surface area contributed by atoms with Gasteiger partial charge in [0.15, 0.2) is 11.6 Å². The van der Waals surface area contributed by atoms with Gasteiger partial charge in [-0.1, -0.05) is 0 Å². The Morgan fingerprint density at radius 1 is 1.05 bits per heavy atom. The molecule has 2 aromatic heterocycles. The fraction of sp³-hybridized carbons (Fsp3) is 0.0667. The Morgan fingerprint density at radius 3 is 2.70 bits per heavy atom. The number of methoxy groups -OCH3 is 1. The molecule has 0 bridgehead atoms. The molecule has 20 heavy (non-hydrogen) atoms. The number of benzene rings is 1. The Labute approximate surface area is 113 Å². The van der Waals surface area contributed by atoms with Crippen molar-refractivity contribution in [2.75, 3.05) is 7.11 Å². The van der Waals surface area contributed by atoms with Crippen LogP contribution in [0.1, 0.15) is 0 Å². The van der Waals surface area contributed by atoms with Crippen LogP contribution >= 0.6 is 0 Å². The number of fused-ring (bicyclic) bond motifs is 1. The molecule has 100 valence electrons. The van der Waals surface area contributed by atoms with Crippen LogP contribution in [0.5, 0.6) is 5.75 Å². The number of rotatable bonds is 2. The van der Waals surface area contributed by atoms with Gasteiger partial charge in [0.2, 0.25) is 0 Å². The van der Waals surface area contributed by atoms with Gasteiger partial charge in [-0.15, -0.1) is 0 Å². The number of aromatic nitrogens is 2. The fourth-order valence-corrected chi connectivity index (χ4v) is 2.16. The lowest BCUT2D eigenvalue weighted by Crippen LogP contribution is -1.96. The minimum absolute atomic E-state index is 0.0322. The van der Waals surface area contributed by atoms with Crippen LogP contribution in [0.15, 0.2) is 42.7 Å². The summed E-state index contributed by atoms with van der Waals surface area (Å²) in [6.07, 6.45) is 3.20. The summed E-state index contributed by atoms with van der Waals surface area (Å²) in [6.45, 7) is 0. The van der Waals surface area contributed by atoms with Gasteiger partial charge in [0.1, 0.15) is 5.82 Å². The van der Waals surface area contributed by atoms with E-state index < -0.39 is 11.6 Å². The molecule has 0 saturated carbocycles. The summed E-state index contributed by atoms with van der Waals surface area (Å²) in [7, 11) is 1.34. The summed E-state index contributed by atoms with van der Waals surface area (Å²) in [5, 5.41) is 0.707. The van der Waals surface area contributed by atoms with Crippen molar-refractivity contribution in [3.8, 4) is 17.0 Å². The van der Waals surface area contributed by atoms with Crippen LogP contribution in [0.4, 0.5) is 8.78 Å². The molecule has 5 heteroatoms. The van der Waals surface area contributed by atoms with E-state index in [1.807, 2.05) is 0 Å². The predicted octanol–water partition coefficient (Wildman–Crippen LogP) is 3.58. The van der Waals surface area contributed by atoms with Crippen molar-refractivity contribution in [1.29, 1.82) is 0 Å². The van der Waals surface area contributed by atoms with E-state index in [1.54, 1.807) is 30.6 Å². The van der Waals surface area contributed by atoms with Crippen molar-refractivity contribution in [2.45, 2.75) is 0 Å². The second kappa shape index (κ2) is 4.85. The minimum Gasteiger partial charge on any atom is -0.493 e. The van der Waals surface area contributed by atoms with E-state index in [4.69, 9.17) is 4.74 Å². The van der Waals surface area contributed by atoms with E-state index in [-0.39, 0.29) is 11.3 Å². The first-order valence-electron chi connectivity index (χ1n) is 5.94. The molecule has 0 aliphatic carbocycles. The third-order valence-electron chi connectivity index (χ3n) is 3.00. The largest absolute Gasteiger partial charge is 0.493 e. The molecule has 0 radical (unpaired) electrons. The predicted molar refractivity (Wildman–Crippen MR) is 71.4 cm³/mol. The molecular weight excluding hydrogens is 262 g/mol. The smallest absolute Gasteiger partial charge is 0.168 e. The average Bonchev–Trinajstić information content (AvgIpc) is 2.46. The number of ether oxygens (including phenoxy) is 1. The van der Waals surface area contributed by atoms with E-state index in [2.05, 4.69) is 9.97 Å². The van der Waals surface area contributed by atoms with Gasteiger partial charge in [0.25, 0.3) is 0 Å². The lowest BCUT2D eigenvalue weighted by Gasteiger charge is -2.11. The second-order valence-corrected chi connectivity index (χ2v) is 4.20. The van der Waals surface area contributed by atoms with Crippen LogP contribution < -0.4 is 4.74 Å². The van der Waals surface area contributed by atoms with Crippen LogP contribution in [-0.2, 0) is 0 Å². The van der Waals surface area contributed by atoms with Gasteiger partial charge < -0.3 is 4.74 Å². The molecule has 0 N–H and O–H groups in total. The highest BCUT2D eigenvalue weighted by Crippen LogP contribution is 2.35. The average molecular weight is 272 g/mol. The van der Waals surface area contributed by atoms with Gasteiger partial charge >= 0.3 is 0 Å². The van der Waals surface area contributed by atoms with Gasteiger partial charge in [-0.25, -0.2) is 8.78 Å². The molecule has 3 aromatic rings. The Morgan fingerprint density at radius 2 is 1.90 bits per heavy atom. The molecule has 0 atom stereocenters. The minimum atomic E-state index is -0.759. The van der Waals surface area contributed by atoms with Crippen molar-refractivity contribution >= 4 is 10.9 Å². The normalized spacial score (nSPS) is 10.8. The van der Waals surface area contributed by atoms with Crippen LogP contribution in [0.3, 0.4) is 0 Å². The van der Waals surface area contributed by atoms with Crippen LogP contribution in [-0.4, -0.2) is 17.1 Å². The highest BCUT2D eigenvalue weighted by molar-refractivity contribution is 5.93. The van der Waals surface area contributed by atoms with Crippen LogP contribution in [0, 0.1) is 11.6 Å². The van der Waals surface area contributed by atoms with E-state index in [0.29, 0.717) is 16.6 Å². The molecule has 1 aromatic carbocycles. The summed E-state index contributed by atoms with van der Waals surface area (Å²) >= 11 is 0. The molecular formula is C15H10F2N2O. The molecule has 0 amide bonds. The first kappa shape index (κ1) is 12.5. The lowest BCUT2D eigenvalue weighted by molar-refractivity contribution is 0.386. The summed E-state index contributed by atoms with van der Waals surface area (Å²) < 4.78 is 32.3. The SMILES string of the molecule is COc1c(F)cc(F)cc1-c1nccc2ncccc12. The lowest BCUT2D eigenvalue weighted by atomic mass is 10.1. The van der Waals surface area contributed by atoms with Crippen LogP contribution in [0.25, 0.3) is 22.2 Å². The Balaban J connectivity index is 2.36. The maximum absolute atomic E-state index is 13.8. The second-order valence-electron chi connectivity index (χ2n) is 4.20. The third-order valence-corrected chi connectivity index (χ3v) is 3.00. The molecule has 0 unspecified atom stereocenters. The third kappa shape index (κ3) is 1.97. The van der Waals surface area contributed by atoms with Crippen molar-refractivity contribution in [2.24, 2.45) is 0 Å². The van der Waals surface area contributed by atoms with Gasteiger partial charge in [0, 0.05) is 29.4 Å². The molecule has 0 spiro atoms. The summed E-state index contributed by atoms with van der Waals surface area (Å²) in [6, 6.07) is 7.27. The monoisotopic (exact) mass is 272 g/mol. The molecule has 0 aliphatic rings. The highest BCUT2D eigenvalue weighted by Gasteiger charge is 2.16. The Bertz CT molecular complexity index is 785.